The van der Waals surface area contributed by atoms with Crippen LogP contribution in [0.25, 0.3) is 11.3 Å². The van der Waals surface area contributed by atoms with Crippen LogP contribution >= 0.6 is 27.7 Å². The van der Waals surface area contributed by atoms with Crippen LogP contribution in [0, 0.1) is 0 Å². The zero-order chi connectivity index (χ0) is 27.8. The summed E-state index contributed by atoms with van der Waals surface area (Å²) < 4.78 is 8.39. The van der Waals surface area contributed by atoms with Crippen molar-refractivity contribution in [3.8, 4) is 0 Å². The molecule has 0 fully saturated rings. The normalized spacial score (nSPS) is 20.1. The van der Waals surface area contributed by atoms with Gasteiger partial charge in [-0.3, -0.25) is 9.69 Å². The van der Waals surface area contributed by atoms with E-state index in [0.717, 1.165) is 31.7 Å². The largest absolute Gasteiger partial charge is 0.462 e. The Balaban J connectivity index is 1.55. The van der Waals surface area contributed by atoms with Gasteiger partial charge >= 0.3 is 0 Å². The number of rotatable bonds is 4. The van der Waals surface area contributed by atoms with Crippen molar-refractivity contribution in [2.24, 2.45) is 0 Å². The molecule has 0 saturated carbocycles. The van der Waals surface area contributed by atoms with E-state index in [4.69, 9.17) is 4.74 Å². The third-order valence-corrected chi connectivity index (χ3v) is 9.47. The molecule has 2 aliphatic rings. The minimum Gasteiger partial charge on any atom is -0.462 e. The highest BCUT2D eigenvalue weighted by Gasteiger charge is 2.54. The molecule has 2 aliphatic heterocycles. The third kappa shape index (κ3) is 4.59. The number of fused-ring (bicyclic) bond motifs is 3. The molecule has 0 aliphatic carbocycles. The average molecular weight is 617 g/mol. The summed E-state index contributed by atoms with van der Waals surface area (Å²) in [6.45, 7) is 0. The molecule has 0 bridgehead atoms. The number of carbonyl (C=O) groups is 1. The highest BCUT2D eigenvalue weighted by molar-refractivity contribution is 9.10. The van der Waals surface area contributed by atoms with Gasteiger partial charge in [-0.2, -0.15) is 0 Å². The number of hydrogen-bond acceptors (Lipinski definition) is 3. The predicted octanol–water partition coefficient (Wildman–Crippen LogP) is 9.47. The summed E-state index contributed by atoms with van der Waals surface area (Å²) in [6.07, 6.45) is 0.553. The van der Waals surface area contributed by atoms with E-state index in [1.54, 1.807) is 11.8 Å². The molecule has 0 spiro atoms. The van der Waals surface area contributed by atoms with Crippen LogP contribution in [0.4, 0.5) is 5.69 Å². The van der Waals surface area contributed by atoms with Gasteiger partial charge in [0.05, 0.1) is 11.3 Å². The molecular weight excluding hydrogens is 590 g/mol. The summed E-state index contributed by atoms with van der Waals surface area (Å²) in [4.78, 5) is 18.1. The number of para-hydroxylation sites is 1. The lowest BCUT2D eigenvalue weighted by molar-refractivity contribution is -0.120. The van der Waals surface area contributed by atoms with Crippen LogP contribution in [0.2, 0.25) is 0 Å². The van der Waals surface area contributed by atoms with Gasteiger partial charge in [0.2, 0.25) is 5.72 Å². The SMILES string of the molecule is O=C1C(c2ccccc2)=C(c2ccccc2)O[C@]2(c3ccccc3)C[C@@H](c3cccc(Br)c3)Sc3ccccc3N12. The maximum Gasteiger partial charge on any atom is 0.266 e. The number of ether oxygens (including phenoxy) is 1. The highest BCUT2D eigenvalue weighted by atomic mass is 79.9. The van der Waals surface area contributed by atoms with Gasteiger partial charge in [-0.15, -0.1) is 11.8 Å². The Morgan fingerprint density at radius 3 is 2.07 bits per heavy atom. The van der Waals surface area contributed by atoms with Gasteiger partial charge in [0.1, 0.15) is 5.76 Å². The first-order valence-corrected chi connectivity index (χ1v) is 15.3. The molecule has 5 aromatic carbocycles. The van der Waals surface area contributed by atoms with Crippen molar-refractivity contribution in [3.05, 3.63) is 166 Å². The number of nitrogens with zero attached hydrogens (tertiary/aromatic N) is 1. The fourth-order valence-corrected chi connectivity index (χ4v) is 7.57. The summed E-state index contributed by atoms with van der Waals surface area (Å²) in [5.74, 6) is 0.521. The Bertz CT molecular complexity index is 1760. The predicted molar refractivity (Wildman–Crippen MR) is 170 cm³/mol. The first-order valence-electron chi connectivity index (χ1n) is 13.6. The number of carbonyl (C=O) groups excluding carboxylic acids is 1. The lowest BCUT2D eigenvalue weighted by atomic mass is 9.87. The smallest absolute Gasteiger partial charge is 0.266 e. The Morgan fingerprint density at radius 2 is 1.37 bits per heavy atom. The number of benzene rings is 5. The molecule has 5 heteroatoms. The Hall–Kier alpha value is -4.06. The molecular formula is C36H26BrNO2S. The monoisotopic (exact) mass is 615 g/mol. The zero-order valence-corrected chi connectivity index (χ0v) is 24.5. The van der Waals surface area contributed by atoms with Crippen molar-refractivity contribution < 1.29 is 9.53 Å². The number of anilines is 1. The summed E-state index contributed by atoms with van der Waals surface area (Å²) >= 11 is 5.46. The van der Waals surface area contributed by atoms with Crippen molar-refractivity contribution in [3.63, 3.8) is 0 Å². The average Bonchev–Trinajstić information content (AvgIpc) is 3.18. The van der Waals surface area contributed by atoms with E-state index in [1.807, 2.05) is 108 Å². The van der Waals surface area contributed by atoms with E-state index >= 15 is 4.79 Å². The number of hydrogen-bond donors (Lipinski definition) is 0. The summed E-state index contributed by atoms with van der Waals surface area (Å²) in [5.41, 5.74) is 4.13. The van der Waals surface area contributed by atoms with Crippen molar-refractivity contribution in [2.75, 3.05) is 4.90 Å². The van der Waals surface area contributed by atoms with Crippen LogP contribution in [0.3, 0.4) is 0 Å². The van der Waals surface area contributed by atoms with Gasteiger partial charge in [0, 0.05) is 32.2 Å². The molecule has 200 valence electrons. The minimum absolute atomic E-state index is 0.0157. The van der Waals surface area contributed by atoms with Gasteiger partial charge in [-0.05, 0) is 35.4 Å². The highest BCUT2D eigenvalue weighted by Crippen LogP contribution is 2.58. The Labute approximate surface area is 252 Å². The Kier molecular flexibility index (Phi) is 6.77. The second kappa shape index (κ2) is 10.7. The molecule has 0 unspecified atom stereocenters. The summed E-state index contributed by atoms with van der Waals surface area (Å²) in [6, 6.07) is 46.7. The first-order chi connectivity index (χ1) is 20.1. The molecule has 2 atom stereocenters. The van der Waals surface area contributed by atoms with Crippen LogP contribution in [0.15, 0.2) is 149 Å². The second-order valence-electron chi connectivity index (χ2n) is 10.2. The Morgan fingerprint density at radius 1 is 0.732 bits per heavy atom. The van der Waals surface area contributed by atoms with E-state index in [9.17, 15) is 0 Å². The molecule has 0 N–H and O–H groups in total. The molecule has 41 heavy (non-hydrogen) atoms. The molecule has 2 heterocycles. The second-order valence-corrected chi connectivity index (χ2v) is 12.3. The van der Waals surface area contributed by atoms with E-state index in [0.29, 0.717) is 17.8 Å². The van der Waals surface area contributed by atoms with Crippen LogP contribution in [-0.2, 0) is 15.3 Å². The zero-order valence-electron chi connectivity index (χ0n) is 22.1. The number of amides is 1. The van der Waals surface area contributed by atoms with E-state index in [2.05, 4.69) is 52.3 Å². The third-order valence-electron chi connectivity index (χ3n) is 7.66. The lowest BCUT2D eigenvalue weighted by Gasteiger charge is -2.48. The fraction of sp³-hybridized carbons (Fsp3) is 0.0833. The maximum atomic E-state index is 15.1. The van der Waals surface area contributed by atoms with E-state index in [-0.39, 0.29) is 11.2 Å². The summed E-state index contributed by atoms with van der Waals surface area (Å²) in [7, 11) is 0. The summed E-state index contributed by atoms with van der Waals surface area (Å²) in [5, 5.41) is 0.0157. The van der Waals surface area contributed by atoms with Gasteiger partial charge in [0.15, 0.2) is 0 Å². The van der Waals surface area contributed by atoms with Crippen molar-refractivity contribution in [1.82, 2.24) is 0 Å². The molecule has 5 aromatic rings. The first kappa shape index (κ1) is 25.9. The van der Waals surface area contributed by atoms with Gasteiger partial charge in [-0.25, -0.2) is 0 Å². The number of thioether (sulfide) groups is 1. The van der Waals surface area contributed by atoms with Crippen LogP contribution in [0.1, 0.15) is 33.9 Å². The molecule has 0 saturated heterocycles. The van der Waals surface area contributed by atoms with Crippen LogP contribution < -0.4 is 4.90 Å². The molecule has 0 radical (unpaired) electrons. The van der Waals surface area contributed by atoms with Crippen LogP contribution in [-0.4, -0.2) is 5.91 Å². The molecule has 0 aromatic heterocycles. The quantitative estimate of drug-likeness (QED) is 0.202. The van der Waals surface area contributed by atoms with Gasteiger partial charge in [0.25, 0.3) is 5.91 Å². The van der Waals surface area contributed by atoms with E-state index < -0.39 is 5.72 Å². The number of halogens is 1. The molecule has 1 amide bonds. The van der Waals surface area contributed by atoms with Crippen LogP contribution in [0.5, 0.6) is 0 Å². The molecule has 3 nitrogen and oxygen atoms in total. The topological polar surface area (TPSA) is 29.5 Å². The van der Waals surface area contributed by atoms with Crippen molar-refractivity contribution in [2.45, 2.75) is 22.3 Å². The van der Waals surface area contributed by atoms with E-state index in [1.165, 1.54) is 5.56 Å². The standard InChI is InChI=1S/C36H26BrNO2S/c37-29-20-12-17-27(23-29)32-24-36(28-18-8-3-9-19-28)38(30-21-10-11-22-31(30)41-32)35(39)33(25-13-4-1-5-14-25)34(40-36)26-15-6-2-7-16-26/h1-23,32H,24H2/t32-,36-/m0/s1. The maximum absolute atomic E-state index is 15.1. The molecule has 7 rings (SSSR count). The lowest BCUT2D eigenvalue weighted by Crippen LogP contribution is -2.55. The van der Waals surface area contributed by atoms with Gasteiger partial charge < -0.3 is 4.74 Å². The minimum atomic E-state index is -1.09. The van der Waals surface area contributed by atoms with Gasteiger partial charge in [-0.1, -0.05) is 131 Å². The fourth-order valence-electron chi connectivity index (χ4n) is 5.81. The van der Waals surface area contributed by atoms with Crippen molar-refractivity contribution >= 4 is 50.6 Å². The van der Waals surface area contributed by atoms with Crippen molar-refractivity contribution in [1.29, 1.82) is 0 Å².